The van der Waals surface area contributed by atoms with Crippen LogP contribution < -0.4 is 0 Å². The van der Waals surface area contributed by atoms with Crippen molar-refractivity contribution in [3.63, 3.8) is 0 Å². The first kappa shape index (κ1) is 11.0. The van der Waals surface area contributed by atoms with Gasteiger partial charge in [-0.25, -0.2) is 9.18 Å². The molecule has 0 bridgehead atoms. The van der Waals surface area contributed by atoms with Crippen molar-refractivity contribution in [2.24, 2.45) is 0 Å². The van der Waals surface area contributed by atoms with Crippen LogP contribution >= 0.6 is 11.5 Å². The summed E-state index contributed by atoms with van der Waals surface area (Å²) in [6.45, 7) is 2.82. The van der Waals surface area contributed by atoms with Gasteiger partial charge in [0.1, 0.15) is 5.67 Å². The molecule has 1 aromatic carbocycles. The molecule has 16 heavy (non-hydrogen) atoms. The number of carbonyl (C=O) groups is 1. The number of carboxylic acid groups (broad SMARTS) is 1. The zero-order valence-electron chi connectivity index (χ0n) is 8.82. The lowest BCUT2D eigenvalue weighted by Crippen LogP contribution is -2.09. The van der Waals surface area contributed by atoms with Gasteiger partial charge in [-0.1, -0.05) is 0 Å². The van der Waals surface area contributed by atoms with Crippen LogP contribution in [-0.2, 0) is 5.67 Å². The Balaban J connectivity index is 2.70. The second kappa shape index (κ2) is 3.52. The summed E-state index contributed by atoms with van der Waals surface area (Å²) in [6.07, 6.45) is 0. The Hall–Kier alpha value is -1.49. The highest BCUT2D eigenvalue weighted by atomic mass is 32.1. The van der Waals surface area contributed by atoms with E-state index < -0.39 is 11.6 Å². The van der Waals surface area contributed by atoms with Crippen molar-refractivity contribution >= 4 is 27.6 Å². The maximum absolute atomic E-state index is 13.8. The lowest BCUT2D eigenvalue weighted by atomic mass is 10.0. The van der Waals surface area contributed by atoms with Crippen LogP contribution in [0.25, 0.3) is 10.1 Å². The number of fused-ring (bicyclic) bond motifs is 1. The zero-order valence-corrected chi connectivity index (χ0v) is 9.64. The predicted molar refractivity (Wildman–Crippen MR) is 60.7 cm³/mol. The molecule has 0 atom stereocenters. The number of hydrogen-bond donors (Lipinski definition) is 1. The van der Waals surface area contributed by atoms with Gasteiger partial charge < -0.3 is 5.11 Å². The highest BCUT2D eigenvalue weighted by Crippen LogP contribution is 2.33. The molecule has 0 amide bonds. The first-order valence-electron chi connectivity index (χ1n) is 4.72. The predicted octanol–water partition coefficient (Wildman–Crippen LogP) is 3.20. The minimum atomic E-state index is -1.56. The molecule has 0 unspecified atom stereocenters. The van der Waals surface area contributed by atoms with Gasteiger partial charge in [0.25, 0.3) is 0 Å². The Kier molecular flexibility index (Phi) is 2.42. The van der Waals surface area contributed by atoms with E-state index in [1.54, 1.807) is 6.07 Å². The summed E-state index contributed by atoms with van der Waals surface area (Å²) in [7, 11) is 0. The smallest absolute Gasteiger partial charge is 0.335 e. The number of halogens is 1. The molecular formula is C11H10FNO2S. The molecule has 5 heteroatoms. The van der Waals surface area contributed by atoms with Gasteiger partial charge in [0.05, 0.1) is 16.0 Å². The minimum absolute atomic E-state index is 0.151. The van der Waals surface area contributed by atoms with Crippen molar-refractivity contribution in [3.05, 3.63) is 29.5 Å². The first-order valence-corrected chi connectivity index (χ1v) is 5.49. The molecule has 0 radical (unpaired) electrons. The Bertz CT molecular complexity index is 557. The van der Waals surface area contributed by atoms with E-state index in [4.69, 9.17) is 5.11 Å². The molecule has 0 aliphatic carbocycles. The lowest BCUT2D eigenvalue weighted by molar-refractivity contribution is 0.0697. The lowest BCUT2D eigenvalue weighted by Gasteiger charge is -2.11. The second-order valence-electron chi connectivity index (χ2n) is 4.02. The van der Waals surface area contributed by atoms with E-state index in [0.717, 1.165) is 4.70 Å². The van der Waals surface area contributed by atoms with Crippen LogP contribution in [0.2, 0.25) is 0 Å². The van der Waals surface area contributed by atoms with Crippen molar-refractivity contribution in [1.29, 1.82) is 0 Å². The van der Waals surface area contributed by atoms with Gasteiger partial charge >= 0.3 is 5.97 Å². The molecule has 84 valence electrons. The van der Waals surface area contributed by atoms with E-state index in [9.17, 15) is 9.18 Å². The third-order valence-corrected chi connectivity index (χ3v) is 3.11. The van der Waals surface area contributed by atoms with E-state index in [-0.39, 0.29) is 5.56 Å². The maximum Gasteiger partial charge on any atom is 0.335 e. The average molecular weight is 239 g/mol. The minimum Gasteiger partial charge on any atom is -0.478 e. The number of aromatic nitrogens is 1. The summed E-state index contributed by atoms with van der Waals surface area (Å²) in [6, 6.07) is 4.63. The molecular weight excluding hydrogens is 229 g/mol. The molecule has 0 saturated carbocycles. The Labute approximate surface area is 95.7 Å². The summed E-state index contributed by atoms with van der Waals surface area (Å²) in [4.78, 5) is 10.8. The van der Waals surface area contributed by atoms with Crippen LogP contribution in [0, 0.1) is 0 Å². The molecule has 0 saturated heterocycles. The molecule has 1 aromatic heterocycles. The third-order valence-electron chi connectivity index (χ3n) is 2.28. The van der Waals surface area contributed by atoms with Crippen molar-refractivity contribution < 1.29 is 14.3 Å². The molecule has 2 aromatic rings. The number of aromatic carboxylic acids is 1. The van der Waals surface area contributed by atoms with Crippen LogP contribution in [0.4, 0.5) is 4.39 Å². The van der Waals surface area contributed by atoms with Crippen molar-refractivity contribution in [3.8, 4) is 0 Å². The molecule has 1 N–H and O–H groups in total. The van der Waals surface area contributed by atoms with Gasteiger partial charge in [-0.15, -0.1) is 0 Å². The summed E-state index contributed by atoms with van der Waals surface area (Å²) in [5.41, 5.74) is -1.11. The van der Waals surface area contributed by atoms with Gasteiger partial charge in [-0.05, 0) is 43.6 Å². The summed E-state index contributed by atoms with van der Waals surface area (Å²) >= 11 is 1.18. The van der Waals surface area contributed by atoms with E-state index >= 15 is 0 Å². The van der Waals surface area contributed by atoms with Crippen molar-refractivity contribution in [2.45, 2.75) is 19.5 Å². The van der Waals surface area contributed by atoms with Crippen molar-refractivity contribution in [2.75, 3.05) is 0 Å². The van der Waals surface area contributed by atoms with Crippen LogP contribution in [0.3, 0.4) is 0 Å². The van der Waals surface area contributed by atoms with Crippen LogP contribution in [-0.4, -0.2) is 15.4 Å². The molecule has 0 aliphatic rings. The van der Waals surface area contributed by atoms with Gasteiger partial charge in [-0.2, -0.15) is 4.37 Å². The van der Waals surface area contributed by atoms with Crippen LogP contribution in [0.15, 0.2) is 18.2 Å². The number of carboxylic acids is 1. The third kappa shape index (κ3) is 1.78. The number of rotatable bonds is 2. The van der Waals surface area contributed by atoms with Gasteiger partial charge in [0.2, 0.25) is 0 Å². The van der Waals surface area contributed by atoms with E-state index in [0.29, 0.717) is 11.1 Å². The fraction of sp³-hybridized carbons (Fsp3) is 0.273. The number of hydrogen-bond acceptors (Lipinski definition) is 3. The highest BCUT2D eigenvalue weighted by molar-refractivity contribution is 7.13. The average Bonchev–Trinajstić information content (AvgIpc) is 2.58. The van der Waals surface area contributed by atoms with Gasteiger partial charge in [-0.3, -0.25) is 0 Å². The van der Waals surface area contributed by atoms with E-state index in [1.807, 2.05) is 0 Å². The molecule has 3 nitrogen and oxygen atoms in total. The maximum atomic E-state index is 13.8. The van der Waals surface area contributed by atoms with Crippen LogP contribution in [0.1, 0.15) is 29.9 Å². The zero-order chi connectivity index (χ0) is 11.9. The number of benzene rings is 1. The molecule has 0 spiro atoms. The normalized spacial score (nSPS) is 11.9. The van der Waals surface area contributed by atoms with E-state index in [1.165, 1.54) is 37.5 Å². The standard InChI is InChI=1S/C11H10FNO2S/c1-11(2,12)9-7-5-6(10(14)15)3-4-8(7)16-13-9/h3-5H,1-2H3,(H,14,15). The summed E-state index contributed by atoms with van der Waals surface area (Å²) in [5.74, 6) is -1.02. The molecule has 1 heterocycles. The highest BCUT2D eigenvalue weighted by Gasteiger charge is 2.25. The Morgan fingerprint density at radius 3 is 2.75 bits per heavy atom. The van der Waals surface area contributed by atoms with Crippen molar-refractivity contribution in [1.82, 2.24) is 4.37 Å². The van der Waals surface area contributed by atoms with Gasteiger partial charge in [0, 0.05) is 5.39 Å². The first-order chi connectivity index (χ1) is 7.39. The number of alkyl halides is 1. The fourth-order valence-corrected chi connectivity index (χ4v) is 2.39. The topological polar surface area (TPSA) is 50.2 Å². The Morgan fingerprint density at radius 1 is 1.50 bits per heavy atom. The Morgan fingerprint density at radius 2 is 2.19 bits per heavy atom. The summed E-state index contributed by atoms with van der Waals surface area (Å²) in [5, 5.41) is 9.45. The van der Waals surface area contributed by atoms with E-state index in [2.05, 4.69) is 4.37 Å². The summed E-state index contributed by atoms with van der Waals surface area (Å²) < 4.78 is 18.7. The second-order valence-corrected chi connectivity index (χ2v) is 4.82. The molecule has 0 fully saturated rings. The largest absolute Gasteiger partial charge is 0.478 e. The number of nitrogens with zero attached hydrogens (tertiary/aromatic N) is 1. The monoisotopic (exact) mass is 239 g/mol. The molecule has 0 aliphatic heterocycles. The SMILES string of the molecule is CC(C)(F)c1nsc2ccc(C(=O)O)cc12. The molecule has 2 rings (SSSR count). The van der Waals surface area contributed by atoms with Gasteiger partial charge in [0.15, 0.2) is 0 Å². The van der Waals surface area contributed by atoms with Crippen LogP contribution in [0.5, 0.6) is 0 Å². The quantitative estimate of drug-likeness (QED) is 0.875. The fourth-order valence-electron chi connectivity index (χ4n) is 1.50.